The fourth-order valence-electron chi connectivity index (χ4n) is 1.69. The quantitative estimate of drug-likeness (QED) is 0.725. The molecular formula is C14H10Br2ClNO2. The number of hydrogen-bond donors (Lipinski definition) is 2. The number of rotatable bonds is 4. The summed E-state index contributed by atoms with van der Waals surface area (Å²) in [6.07, 6.45) is 0. The van der Waals surface area contributed by atoms with Crippen molar-refractivity contribution < 1.29 is 9.90 Å². The molecule has 2 aromatic rings. The monoisotopic (exact) mass is 417 g/mol. The molecule has 0 bridgehead atoms. The third-order valence-electron chi connectivity index (χ3n) is 2.68. The minimum atomic E-state index is -0.966. The van der Waals surface area contributed by atoms with Crippen LogP contribution in [0.25, 0.3) is 0 Å². The predicted molar refractivity (Wildman–Crippen MR) is 87.3 cm³/mol. The van der Waals surface area contributed by atoms with E-state index in [2.05, 4.69) is 37.2 Å². The first-order valence-electron chi connectivity index (χ1n) is 5.67. The van der Waals surface area contributed by atoms with E-state index in [1.165, 1.54) is 0 Å². The number of aliphatic carboxylic acids is 1. The Labute approximate surface area is 138 Å². The summed E-state index contributed by atoms with van der Waals surface area (Å²) in [7, 11) is 0. The maximum absolute atomic E-state index is 11.4. The predicted octanol–water partition coefficient (Wildman–Crippen LogP) is 5.10. The van der Waals surface area contributed by atoms with Gasteiger partial charge in [0.05, 0.1) is 5.02 Å². The van der Waals surface area contributed by atoms with Crippen molar-refractivity contribution in [3.63, 3.8) is 0 Å². The van der Waals surface area contributed by atoms with Gasteiger partial charge in [-0.25, -0.2) is 4.79 Å². The highest BCUT2D eigenvalue weighted by molar-refractivity contribution is 9.10. The highest BCUT2D eigenvalue weighted by Gasteiger charge is 2.20. The van der Waals surface area contributed by atoms with Gasteiger partial charge in [0.25, 0.3) is 0 Å². The number of nitrogens with one attached hydrogen (secondary N) is 1. The zero-order valence-corrected chi connectivity index (χ0v) is 14.0. The summed E-state index contributed by atoms with van der Waals surface area (Å²) in [5.41, 5.74) is 1.31. The number of benzene rings is 2. The molecule has 0 saturated carbocycles. The first-order chi connectivity index (χ1) is 9.47. The minimum Gasteiger partial charge on any atom is -0.479 e. The molecule has 6 heteroatoms. The van der Waals surface area contributed by atoms with Crippen molar-refractivity contribution in [2.45, 2.75) is 6.04 Å². The molecule has 0 spiro atoms. The maximum atomic E-state index is 11.4. The molecule has 1 unspecified atom stereocenters. The molecule has 0 amide bonds. The van der Waals surface area contributed by atoms with E-state index >= 15 is 0 Å². The third-order valence-corrected chi connectivity index (χ3v) is 4.44. The smallest absolute Gasteiger partial charge is 0.330 e. The Balaban J connectivity index is 2.29. The molecule has 3 nitrogen and oxygen atoms in total. The number of carboxylic acids is 1. The first kappa shape index (κ1) is 15.4. The van der Waals surface area contributed by atoms with Crippen molar-refractivity contribution in [2.75, 3.05) is 5.32 Å². The van der Waals surface area contributed by atoms with Crippen molar-refractivity contribution in [2.24, 2.45) is 0 Å². The van der Waals surface area contributed by atoms with Gasteiger partial charge in [-0.05, 0) is 57.9 Å². The fourth-order valence-corrected chi connectivity index (χ4v) is 2.39. The molecule has 0 radical (unpaired) electrons. The van der Waals surface area contributed by atoms with Crippen molar-refractivity contribution in [3.8, 4) is 0 Å². The Hall–Kier alpha value is -1.04. The van der Waals surface area contributed by atoms with Gasteiger partial charge in [-0.2, -0.15) is 0 Å². The van der Waals surface area contributed by atoms with Crippen molar-refractivity contribution in [1.82, 2.24) is 0 Å². The van der Waals surface area contributed by atoms with E-state index in [9.17, 15) is 9.90 Å². The van der Waals surface area contributed by atoms with E-state index in [0.717, 1.165) is 14.6 Å². The van der Waals surface area contributed by atoms with Crippen LogP contribution in [0.1, 0.15) is 11.6 Å². The van der Waals surface area contributed by atoms with Crippen LogP contribution in [0.5, 0.6) is 0 Å². The Morgan fingerprint density at radius 3 is 2.35 bits per heavy atom. The van der Waals surface area contributed by atoms with E-state index in [0.29, 0.717) is 10.6 Å². The Morgan fingerprint density at radius 2 is 1.80 bits per heavy atom. The topological polar surface area (TPSA) is 49.3 Å². The minimum absolute atomic E-state index is 0.478. The van der Waals surface area contributed by atoms with Crippen molar-refractivity contribution >= 4 is 55.1 Å². The van der Waals surface area contributed by atoms with Crippen LogP contribution < -0.4 is 5.32 Å². The second kappa shape index (κ2) is 6.61. The third kappa shape index (κ3) is 3.75. The molecule has 0 aromatic heterocycles. The van der Waals surface area contributed by atoms with Gasteiger partial charge >= 0.3 is 5.97 Å². The van der Waals surface area contributed by atoms with Gasteiger partial charge in [-0.1, -0.05) is 33.6 Å². The molecule has 1 atom stereocenters. The van der Waals surface area contributed by atoms with Crippen LogP contribution in [0.4, 0.5) is 5.69 Å². The summed E-state index contributed by atoms with van der Waals surface area (Å²) >= 11 is 12.6. The van der Waals surface area contributed by atoms with E-state index < -0.39 is 12.0 Å². The molecule has 0 saturated heterocycles. The lowest BCUT2D eigenvalue weighted by Crippen LogP contribution is -2.20. The number of anilines is 1. The van der Waals surface area contributed by atoms with Gasteiger partial charge in [-0.3, -0.25) is 0 Å². The Morgan fingerprint density at radius 1 is 1.15 bits per heavy atom. The molecule has 104 valence electrons. The van der Waals surface area contributed by atoms with E-state index in [-0.39, 0.29) is 0 Å². The van der Waals surface area contributed by atoms with Gasteiger partial charge < -0.3 is 10.4 Å². The zero-order valence-electron chi connectivity index (χ0n) is 10.1. The molecule has 2 N–H and O–H groups in total. The summed E-state index contributed by atoms with van der Waals surface area (Å²) in [6, 6.07) is 11.5. The van der Waals surface area contributed by atoms with Gasteiger partial charge in [0, 0.05) is 14.6 Å². The molecule has 2 rings (SSSR count). The summed E-state index contributed by atoms with van der Waals surface area (Å²) in [5, 5.41) is 12.8. The number of carbonyl (C=O) groups is 1. The van der Waals surface area contributed by atoms with Crippen LogP contribution in [-0.2, 0) is 4.79 Å². The van der Waals surface area contributed by atoms with E-state index in [1.54, 1.807) is 30.3 Å². The number of halogens is 3. The van der Waals surface area contributed by atoms with Crippen molar-refractivity contribution in [1.29, 1.82) is 0 Å². The molecule has 0 aliphatic rings. The number of hydrogen-bond acceptors (Lipinski definition) is 2. The summed E-state index contributed by atoms with van der Waals surface area (Å²) in [6.45, 7) is 0. The van der Waals surface area contributed by atoms with Crippen LogP contribution in [0.2, 0.25) is 5.02 Å². The standard InChI is InChI=1S/C14H10Br2ClNO2/c15-9-2-4-10(5-3-9)18-13(14(19)20)8-1-6-11(16)12(17)7-8/h1-7,13,18H,(H,19,20). The zero-order chi connectivity index (χ0) is 14.7. The van der Waals surface area contributed by atoms with Crippen LogP contribution in [0, 0.1) is 0 Å². The summed E-state index contributed by atoms with van der Waals surface area (Å²) < 4.78 is 1.66. The van der Waals surface area contributed by atoms with Gasteiger partial charge in [0.1, 0.15) is 0 Å². The highest BCUT2D eigenvalue weighted by atomic mass is 79.9. The van der Waals surface area contributed by atoms with Gasteiger partial charge in [-0.15, -0.1) is 0 Å². The average Bonchev–Trinajstić information content (AvgIpc) is 2.41. The molecular weight excluding hydrogens is 409 g/mol. The van der Waals surface area contributed by atoms with Crippen LogP contribution in [0.15, 0.2) is 51.4 Å². The maximum Gasteiger partial charge on any atom is 0.330 e. The van der Waals surface area contributed by atoms with Crippen LogP contribution >= 0.6 is 43.5 Å². The van der Waals surface area contributed by atoms with Crippen molar-refractivity contribution in [3.05, 3.63) is 62.0 Å². The lowest BCUT2D eigenvalue weighted by atomic mass is 10.1. The van der Waals surface area contributed by atoms with Gasteiger partial charge in [0.2, 0.25) is 0 Å². The molecule has 0 heterocycles. The lowest BCUT2D eigenvalue weighted by molar-refractivity contribution is -0.138. The van der Waals surface area contributed by atoms with E-state index in [1.807, 2.05) is 12.1 Å². The molecule has 0 aliphatic carbocycles. The van der Waals surface area contributed by atoms with E-state index in [4.69, 9.17) is 11.6 Å². The molecule has 20 heavy (non-hydrogen) atoms. The largest absolute Gasteiger partial charge is 0.479 e. The van der Waals surface area contributed by atoms with Crippen LogP contribution in [0.3, 0.4) is 0 Å². The summed E-state index contributed by atoms with van der Waals surface area (Å²) in [5.74, 6) is -0.966. The second-order valence-corrected chi connectivity index (χ2v) is 6.27. The Kier molecular flexibility index (Phi) is 5.07. The Bertz CT molecular complexity index is 632. The highest BCUT2D eigenvalue weighted by Crippen LogP contribution is 2.28. The summed E-state index contributed by atoms with van der Waals surface area (Å²) in [4.78, 5) is 11.4. The number of carboxylic acid groups (broad SMARTS) is 1. The lowest BCUT2D eigenvalue weighted by Gasteiger charge is -2.17. The second-order valence-electron chi connectivity index (χ2n) is 4.10. The molecule has 0 fully saturated rings. The normalized spacial score (nSPS) is 11.9. The van der Waals surface area contributed by atoms with Crippen LogP contribution in [-0.4, -0.2) is 11.1 Å². The first-order valence-corrected chi connectivity index (χ1v) is 7.63. The molecule has 0 aliphatic heterocycles. The molecule has 2 aromatic carbocycles. The SMILES string of the molecule is O=C(O)C(Nc1ccc(Br)cc1)c1ccc(Br)c(Cl)c1. The fraction of sp³-hybridized carbons (Fsp3) is 0.0714. The average molecular weight is 420 g/mol. The van der Waals surface area contributed by atoms with Gasteiger partial charge in [0.15, 0.2) is 6.04 Å².